The Kier molecular flexibility index (Phi) is 4.77. The van der Waals surface area contributed by atoms with Crippen LogP contribution in [0.4, 0.5) is 10.1 Å². The van der Waals surface area contributed by atoms with Gasteiger partial charge >= 0.3 is 5.97 Å². The number of aryl methyl sites for hydroxylation is 1. The quantitative estimate of drug-likeness (QED) is 0.801. The number of hydrogen-bond acceptors (Lipinski definition) is 3. The summed E-state index contributed by atoms with van der Waals surface area (Å²) in [6, 6.07) is 11.3. The van der Waals surface area contributed by atoms with Gasteiger partial charge in [0.1, 0.15) is 23.7 Å². The largest absolute Gasteiger partial charge is 0.491 e. The number of carbonyl (C=O) groups is 1. The third-order valence-electron chi connectivity index (χ3n) is 2.92. The molecule has 0 bridgehead atoms. The Morgan fingerprint density at radius 1 is 1.29 bits per heavy atom. The van der Waals surface area contributed by atoms with Crippen LogP contribution in [0.2, 0.25) is 0 Å². The highest BCUT2D eigenvalue weighted by atomic mass is 19.1. The minimum Gasteiger partial charge on any atom is -0.491 e. The first kappa shape index (κ1) is 14.8. The van der Waals surface area contributed by atoms with Crippen LogP contribution in [-0.4, -0.2) is 24.2 Å². The molecule has 0 atom stereocenters. The molecule has 0 aliphatic rings. The maximum atomic E-state index is 13.6. The molecule has 2 aromatic rings. The molecule has 0 unspecified atom stereocenters. The number of rotatable bonds is 6. The summed E-state index contributed by atoms with van der Waals surface area (Å²) < 4.78 is 19.0. The number of para-hydroxylation sites is 1. The first-order valence-electron chi connectivity index (χ1n) is 6.53. The zero-order valence-corrected chi connectivity index (χ0v) is 11.6. The van der Waals surface area contributed by atoms with Crippen LogP contribution < -0.4 is 10.1 Å². The van der Waals surface area contributed by atoms with Crippen molar-refractivity contribution in [1.29, 1.82) is 0 Å². The van der Waals surface area contributed by atoms with E-state index in [2.05, 4.69) is 5.32 Å². The van der Waals surface area contributed by atoms with Gasteiger partial charge < -0.3 is 15.2 Å². The summed E-state index contributed by atoms with van der Waals surface area (Å²) in [5, 5.41) is 11.9. The number of carboxylic acid groups (broad SMARTS) is 1. The highest BCUT2D eigenvalue weighted by Gasteiger charge is 2.09. The summed E-state index contributed by atoms with van der Waals surface area (Å²) >= 11 is 0. The van der Waals surface area contributed by atoms with Crippen LogP contribution in [0, 0.1) is 12.7 Å². The number of hydrogen-bond donors (Lipinski definition) is 2. The van der Waals surface area contributed by atoms with E-state index >= 15 is 0 Å². The molecule has 0 saturated heterocycles. The highest BCUT2D eigenvalue weighted by Crippen LogP contribution is 2.18. The van der Waals surface area contributed by atoms with Crippen molar-refractivity contribution in [1.82, 2.24) is 0 Å². The summed E-state index contributed by atoms with van der Waals surface area (Å²) in [7, 11) is 0. The molecule has 0 heterocycles. The van der Waals surface area contributed by atoms with Crippen molar-refractivity contribution in [3.8, 4) is 5.75 Å². The molecule has 0 saturated carbocycles. The Labute approximate surface area is 122 Å². The second-order valence-corrected chi connectivity index (χ2v) is 4.56. The van der Waals surface area contributed by atoms with E-state index in [4.69, 9.17) is 9.84 Å². The zero-order chi connectivity index (χ0) is 15.2. The van der Waals surface area contributed by atoms with E-state index < -0.39 is 5.97 Å². The minimum atomic E-state index is -1.04. The molecule has 2 rings (SSSR count). The third kappa shape index (κ3) is 3.95. The average Bonchev–Trinajstić information content (AvgIpc) is 2.45. The summed E-state index contributed by atoms with van der Waals surface area (Å²) in [6.45, 7) is 2.42. The van der Waals surface area contributed by atoms with Gasteiger partial charge in [0.15, 0.2) is 0 Å². The number of aromatic carboxylic acids is 1. The molecule has 0 spiro atoms. The molecule has 0 aliphatic carbocycles. The van der Waals surface area contributed by atoms with E-state index in [-0.39, 0.29) is 18.0 Å². The molecule has 0 fully saturated rings. The fraction of sp³-hybridized carbons (Fsp3) is 0.188. The van der Waals surface area contributed by atoms with E-state index in [0.29, 0.717) is 18.0 Å². The molecule has 21 heavy (non-hydrogen) atoms. The summed E-state index contributed by atoms with van der Waals surface area (Å²) in [5.74, 6) is -1.06. The van der Waals surface area contributed by atoms with Crippen LogP contribution in [0.3, 0.4) is 0 Å². The average molecular weight is 289 g/mol. The van der Waals surface area contributed by atoms with Gasteiger partial charge in [-0.3, -0.25) is 0 Å². The van der Waals surface area contributed by atoms with Crippen LogP contribution in [-0.2, 0) is 0 Å². The van der Waals surface area contributed by atoms with Gasteiger partial charge in [-0.25, -0.2) is 9.18 Å². The van der Waals surface area contributed by atoms with Crippen molar-refractivity contribution in [2.45, 2.75) is 6.92 Å². The Morgan fingerprint density at radius 3 is 2.76 bits per heavy atom. The summed E-state index contributed by atoms with van der Waals surface area (Å²) in [6.07, 6.45) is 0. The Balaban J connectivity index is 1.89. The molecule has 0 amide bonds. The van der Waals surface area contributed by atoms with Crippen molar-refractivity contribution in [3.63, 3.8) is 0 Å². The molecular formula is C16H16FNO3. The van der Waals surface area contributed by atoms with Crippen LogP contribution in [0.5, 0.6) is 5.75 Å². The Hall–Kier alpha value is -2.56. The number of benzene rings is 2. The first-order chi connectivity index (χ1) is 10.1. The molecule has 0 radical (unpaired) electrons. The molecule has 0 aliphatic heterocycles. The number of nitrogens with one attached hydrogen (secondary N) is 1. The second-order valence-electron chi connectivity index (χ2n) is 4.56. The fourth-order valence-corrected chi connectivity index (χ4v) is 1.88. The molecular weight excluding hydrogens is 273 g/mol. The van der Waals surface area contributed by atoms with Crippen molar-refractivity contribution >= 4 is 11.7 Å². The van der Waals surface area contributed by atoms with Gasteiger partial charge in [0.2, 0.25) is 0 Å². The van der Waals surface area contributed by atoms with Gasteiger partial charge in [0, 0.05) is 6.54 Å². The lowest BCUT2D eigenvalue weighted by atomic mass is 10.2. The van der Waals surface area contributed by atoms with Crippen LogP contribution in [0.15, 0.2) is 42.5 Å². The van der Waals surface area contributed by atoms with E-state index in [1.165, 1.54) is 12.1 Å². The lowest BCUT2D eigenvalue weighted by Crippen LogP contribution is -2.13. The zero-order valence-electron chi connectivity index (χ0n) is 11.6. The normalized spacial score (nSPS) is 10.2. The molecule has 0 aromatic heterocycles. The van der Waals surface area contributed by atoms with Gasteiger partial charge in [-0.05, 0) is 36.8 Å². The van der Waals surface area contributed by atoms with Crippen molar-refractivity contribution in [2.24, 2.45) is 0 Å². The van der Waals surface area contributed by atoms with Gasteiger partial charge in [0.25, 0.3) is 0 Å². The monoisotopic (exact) mass is 289 g/mol. The van der Waals surface area contributed by atoms with E-state index in [1.807, 2.05) is 13.0 Å². The van der Waals surface area contributed by atoms with E-state index in [0.717, 1.165) is 5.56 Å². The van der Waals surface area contributed by atoms with Crippen LogP contribution in [0.25, 0.3) is 0 Å². The minimum absolute atomic E-state index is 0.110. The number of halogens is 1. The maximum Gasteiger partial charge on any atom is 0.339 e. The van der Waals surface area contributed by atoms with Crippen LogP contribution in [0.1, 0.15) is 15.9 Å². The number of anilines is 1. The molecule has 4 nitrogen and oxygen atoms in total. The summed E-state index contributed by atoms with van der Waals surface area (Å²) in [5.41, 5.74) is 1.36. The lowest BCUT2D eigenvalue weighted by molar-refractivity contribution is 0.0692. The smallest absolute Gasteiger partial charge is 0.339 e. The number of carboxylic acids is 1. The second kappa shape index (κ2) is 6.74. The predicted molar refractivity (Wildman–Crippen MR) is 78.5 cm³/mol. The highest BCUT2D eigenvalue weighted by molar-refractivity contribution is 5.90. The van der Waals surface area contributed by atoms with Crippen molar-refractivity contribution < 1.29 is 19.0 Å². The summed E-state index contributed by atoms with van der Waals surface area (Å²) in [4.78, 5) is 11.0. The molecule has 2 N–H and O–H groups in total. The van der Waals surface area contributed by atoms with Gasteiger partial charge in [-0.2, -0.15) is 0 Å². The third-order valence-corrected chi connectivity index (χ3v) is 2.92. The van der Waals surface area contributed by atoms with E-state index in [1.54, 1.807) is 24.3 Å². The predicted octanol–water partition coefficient (Wildman–Crippen LogP) is 3.32. The Bertz CT molecular complexity index is 643. The van der Waals surface area contributed by atoms with E-state index in [9.17, 15) is 9.18 Å². The topological polar surface area (TPSA) is 58.6 Å². The molecule has 2 aromatic carbocycles. The maximum absolute atomic E-state index is 13.6. The van der Waals surface area contributed by atoms with Crippen LogP contribution >= 0.6 is 0 Å². The first-order valence-corrected chi connectivity index (χ1v) is 6.53. The lowest BCUT2D eigenvalue weighted by Gasteiger charge is -2.11. The number of ether oxygens (including phenoxy) is 1. The SMILES string of the molecule is Cc1ccc(NCCOc2ccccc2C(=O)O)c(F)c1. The molecule has 110 valence electrons. The van der Waals surface area contributed by atoms with Gasteiger partial charge in [0.05, 0.1) is 5.69 Å². The molecule has 5 heteroatoms. The van der Waals surface area contributed by atoms with Gasteiger partial charge in [-0.15, -0.1) is 0 Å². The standard InChI is InChI=1S/C16H16FNO3/c1-11-6-7-14(13(17)10-11)18-8-9-21-15-5-3-2-4-12(15)16(19)20/h2-7,10,18H,8-9H2,1H3,(H,19,20). The van der Waals surface area contributed by atoms with Crippen molar-refractivity contribution in [2.75, 3.05) is 18.5 Å². The van der Waals surface area contributed by atoms with Crippen molar-refractivity contribution in [3.05, 3.63) is 59.4 Å². The van der Waals surface area contributed by atoms with Gasteiger partial charge in [-0.1, -0.05) is 18.2 Å². The fourth-order valence-electron chi connectivity index (χ4n) is 1.88. The Morgan fingerprint density at radius 2 is 2.05 bits per heavy atom.